The average Bonchev–Trinajstić information content (AvgIpc) is 2.43. The van der Waals surface area contributed by atoms with Crippen molar-refractivity contribution in [3.63, 3.8) is 0 Å². The Balaban J connectivity index is 2.64. The second-order valence-corrected chi connectivity index (χ2v) is 5.62. The molecule has 1 aromatic carbocycles. The van der Waals surface area contributed by atoms with E-state index in [-0.39, 0.29) is 0 Å². The second-order valence-electron chi connectivity index (χ2n) is 4.77. The Kier molecular flexibility index (Phi) is 6.83. The van der Waals surface area contributed by atoms with Crippen molar-refractivity contribution in [3.05, 3.63) is 28.2 Å². The third kappa shape index (κ3) is 5.13. The van der Waals surface area contributed by atoms with Crippen LogP contribution in [0.2, 0.25) is 0 Å². The summed E-state index contributed by atoms with van der Waals surface area (Å²) >= 11 is 3.52. The first kappa shape index (κ1) is 16.5. The van der Waals surface area contributed by atoms with Gasteiger partial charge in [0, 0.05) is 6.54 Å². The third-order valence-corrected chi connectivity index (χ3v) is 4.01. The molecule has 2 N–H and O–H groups in total. The fourth-order valence-corrected chi connectivity index (χ4v) is 2.25. The Bertz CT molecular complexity index is 392. The number of aliphatic hydroxyl groups is 1. The van der Waals surface area contributed by atoms with Gasteiger partial charge in [-0.15, -0.1) is 0 Å². The fraction of sp³-hybridized carbons (Fsp3) is 0.600. The molecule has 3 nitrogen and oxygen atoms in total. The van der Waals surface area contributed by atoms with Gasteiger partial charge in [0.15, 0.2) is 0 Å². The van der Waals surface area contributed by atoms with E-state index in [1.807, 2.05) is 26.0 Å². The molecule has 0 saturated heterocycles. The molecule has 0 aliphatic heterocycles. The first-order chi connectivity index (χ1) is 9.04. The Morgan fingerprint density at radius 1 is 1.26 bits per heavy atom. The van der Waals surface area contributed by atoms with Gasteiger partial charge in [0.05, 0.1) is 10.1 Å². The van der Waals surface area contributed by atoms with E-state index < -0.39 is 5.60 Å². The van der Waals surface area contributed by atoms with Gasteiger partial charge in [-0.25, -0.2) is 0 Å². The molecule has 0 bridgehead atoms. The van der Waals surface area contributed by atoms with Crippen molar-refractivity contribution in [2.24, 2.45) is 0 Å². The number of benzene rings is 1. The maximum atomic E-state index is 10.2. The molecule has 0 aliphatic carbocycles. The summed E-state index contributed by atoms with van der Waals surface area (Å²) in [4.78, 5) is 0. The van der Waals surface area contributed by atoms with Crippen molar-refractivity contribution in [2.45, 2.75) is 45.8 Å². The first-order valence-electron chi connectivity index (χ1n) is 6.89. The van der Waals surface area contributed by atoms with Crippen molar-refractivity contribution in [1.29, 1.82) is 0 Å². The van der Waals surface area contributed by atoms with Crippen LogP contribution in [0.25, 0.3) is 0 Å². The molecule has 0 aromatic heterocycles. The van der Waals surface area contributed by atoms with Crippen molar-refractivity contribution >= 4 is 15.9 Å². The van der Waals surface area contributed by atoms with Crippen LogP contribution in [0.3, 0.4) is 0 Å². The lowest BCUT2D eigenvalue weighted by atomic mass is 9.99. The minimum atomic E-state index is -0.734. The normalized spacial score (nSPS) is 11.6. The molecular formula is C15H24BrNO2. The summed E-state index contributed by atoms with van der Waals surface area (Å²) in [6.07, 6.45) is 1.39. The van der Waals surface area contributed by atoms with Gasteiger partial charge in [-0.3, -0.25) is 0 Å². The summed E-state index contributed by atoms with van der Waals surface area (Å²) in [6.45, 7) is 8.16. The summed E-state index contributed by atoms with van der Waals surface area (Å²) in [5.41, 5.74) is 0.476. The van der Waals surface area contributed by atoms with E-state index in [1.165, 1.54) is 5.56 Å². The maximum Gasteiger partial charge on any atom is 0.133 e. The van der Waals surface area contributed by atoms with Crippen LogP contribution < -0.4 is 10.1 Å². The van der Waals surface area contributed by atoms with Crippen LogP contribution in [0.4, 0.5) is 0 Å². The van der Waals surface area contributed by atoms with Gasteiger partial charge < -0.3 is 15.2 Å². The van der Waals surface area contributed by atoms with E-state index in [2.05, 4.69) is 34.2 Å². The molecule has 1 aromatic rings. The molecular weight excluding hydrogens is 306 g/mol. The Morgan fingerprint density at radius 3 is 2.47 bits per heavy atom. The summed E-state index contributed by atoms with van der Waals surface area (Å²) in [6, 6.07) is 6.04. The van der Waals surface area contributed by atoms with E-state index in [4.69, 9.17) is 4.74 Å². The monoisotopic (exact) mass is 329 g/mol. The molecule has 0 amide bonds. The standard InChI is InChI=1S/C15H24BrNO2/c1-4-15(18,5-2)11-19-14-8-7-12(9-13(14)16)10-17-6-3/h7-9,17-18H,4-6,10-11H2,1-3H3. The van der Waals surface area contributed by atoms with Crippen molar-refractivity contribution in [3.8, 4) is 5.75 Å². The Morgan fingerprint density at radius 2 is 1.95 bits per heavy atom. The van der Waals surface area contributed by atoms with Crippen molar-refractivity contribution in [2.75, 3.05) is 13.2 Å². The van der Waals surface area contributed by atoms with Crippen molar-refractivity contribution in [1.82, 2.24) is 5.32 Å². The molecule has 108 valence electrons. The molecule has 0 unspecified atom stereocenters. The van der Waals surface area contributed by atoms with E-state index in [1.54, 1.807) is 0 Å². The van der Waals surface area contributed by atoms with Gasteiger partial charge >= 0.3 is 0 Å². The van der Waals surface area contributed by atoms with Gasteiger partial charge in [-0.2, -0.15) is 0 Å². The molecule has 0 saturated carbocycles. The highest BCUT2D eigenvalue weighted by atomic mass is 79.9. The molecule has 0 spiro atoms. The molecule has 4 heteroatoms. The van der Waals surface area contributed by atoms with Gasteiger partial charge in [-0.1, -0.05) is 26.8 Å². The number of ether oxygens (including phenoxy) is 1. The number of hydrogen-bond acceptors (Lipinski definition) is 3. The smallest absolute Gasteiger partial charge is 0.133 e. The quantitative estimate of drug-likeness (QED) is 0.767. The van der Waals surface area contributed by atoms with Gasteiger partial charge in [0.2, 0.25) is 0 Å². The summed E-state index contributed by atoms with van der Waals surface area (Å²) < 4.78 is 6.65. The average molecular weight is 330 g/mol. The molecule has 0 atom stereocenters. The summed E-state index contributed by atoms with van der Waals surface area (Å²) in [5, 5.41) is 13.5. The first-order valence-corrected chi connectivity index (χ1v) is 7.68. The van der Waals surface area contributed by atoms with Crippen LogP contribution in [-0.4, -0.2) is 23.9 Å². The Labute approximate surface area is 124 Å². The number of rotatable bonds is 8. The van der Waals surface area contributed by atoms with Crippen LogP contribution in [0, 0.1) is 0 Å². The highest BCUT2D eigenvalue weighted by molar-refractivity contribution is 9.10. The lowest BCUT2D eigenvalue weighted by molar-refractivity contribution is -0.0115. The predicted octanol–water partition coefficient (Wildman–Crippen LogP) is 3.49. The van der Waals surface area contributed by atoms with E-state index in [0.29, 0.717) is 19.4 Å². The zero-order valence-electron chi connectivity index (χ0n) is 12.0. The predicted molar refractivity (Wildman–Crippen MR) is 82.5 cm³/mol. The third-order valence-electron chi connectivity index (χ3n) is 3.39. The van der Waals surface area contributed by atoms with E-state index in [9.17, 15) is 5.11 Å². The van der Waals surface area contributed by atoms with Gasteiger partial charge in [0.25, 0.3) is 0 Å². The lowest BCUT2D eigenvalue weighted by Crippen LogP contribution is -2.34. The van der Waals surface area contributed by atoms with Crippen molar-refractivity contribution < 1.29 is 9.84 Å². The van der Waals surface area contributed by atoms with Crippen LogP contribution in [-0.2, 0) is 6.54 Å². The summed E-state index contributed by atoms with van der Waals surface area (Å²) in [5.74, 6) is 0.778. The van der Waals surface area contributed by atoms with E-state index >= 15 is 0 Å². The molecule has 0 aliphatic rings. The highest BCUT2D eigenvalue weighted by Crippen LogP contribution is 2.27. The van der Waals surface area contributed by atoms with Crippen LogP contribution in [0.1, 0.15) is 39.2 Å². The Hall–Kier alpha value is -0.580. The minimum absolute atomic E-state index is 0.325. The molecule has 0 heterocycles. The topological polar surface area (TPSA) is 41.5 Å². The largest absolute Gasteiger partial charge is 0.489 e. The van der Waals surface area contributed by atoms with Crippen LogP contribution in [0.15, 0.2) is 22.7 Å². The molecule has 0 radical (unpaired) electrons. The fourth-order valence-electron chi connectivity index (χ4n) is 1.71. The maximum absolute atomic E-state index is 10.2. The second kappa shape index (κ2) is 7.88. The molecule has 19 heavy (non-hydrogen) atoms. The zero-order chi connectivity index (χ0) is 14.3. The lowest BCUT2D eigenvalue weighted by Gasteiger charge is -2.25. The number of hydrogen-bond donors (Lipinski definition) is 2. The minimum Gasteiger partial charge on any atom is -0.489 e. The summed E-state index contributed by atoms with van der Waals surface area (Å²) in [7, 11) is 0. The molecule has 1 rings (SSSR count). The van der Waals surface area contributed by atoms with Crippen LogP contribution in [0.5, 0.6) is 5.75 Å². The van der Waals surface area contributed by atoms with Crippen LogP contribution >= 0.6 is 15.9 Å². The number of halogens is 1. The zero-order valence-corrected chi connectivity index (χ0v) is 13.6. The highest BCUT2D eigenvalue weighted by Gasteiger charge is 2.23. The van der Waals surface area contributed by atoms with Gasteiger partial charge in [0.1, 0.15) is 12.4 Å². The van der Waals surface area contributed by atoms with Gasteiger partial charge in [-0.05, 0) is 53.0 Å². The van der Waals surface area contributed by atoms with E-state index in [0.717, 1.165) is 23.3 Å². The molecule has 0 fully saturated rings. The number of nitrogens with one attached hydrogen (secondary N) is 1. The SMILES string of the molecule is CCNCc1ccc(OCC(O)(CC)CC)c(Br)c1.